The molecule has 10 heteroatoms. The lowest BCUT2D eigenvalue weighted by molar-refractivity contribution is -0.124. The van der Waals surface area contributed by atoms with Crippen molar-refractivity contribution in [3.8, 4) is 0 Å². The summed E-state index contributed by atoms with van der Waals surface area (Å²) < 4.78 is 21.8. The second-order valence-corrected chi connectivity index (χ2v) is 12.3. The molecular formula is C32H61N2O7P. The second-order valence-electron chi connectivity index (χ2n) is 10.8. The maximum absolute atomic E-state index is 12.6. The van der Waals surface area contributed by atoms with Crippen molar-refractivity contribution in [3.63, 3.8) is 0 Å². The van der Waals surface area contributed by atoms with Crippen LogP contribution in [-0.2, 0) is 18.4 Å². The molecule has 0 saturated carbocycles. The van der Waals surface area contributed by atoms with Gasteiger partial charge in [-0.2, -0.15) is 0 Å². The van der Waals surface area contributed by atoms with Gasteiger partial charge in [0.25, 0.3) is 0 Å². The van der Waals surface area contributed by atoms with Gasteiger partial charge in [0.15, 0.2) is 0 Å². The molecule has 0 aliphatic rings. The lowest BCUT2D eigenvalue weighted by atomic mass is 10.1. The molecule has 0 fully saturated rings. The van der Waals surface area contributed by atoms with E-state index in [0.717, 1.165) is 44.9 Å². The quantitative estimate of drug-likeness (QED) is 0.0357. The van der Waals surface area contributed by atoms with Gasteiger partial charge >= 0.3 is 7.82 Å². The number of hydrogen-bond donors (Lipinski definition) is 5. The summed E-state index contributed by atoms with van der Waals surface area (Å²) in [6.45, 7) is 3.82. The van der Waals surface area contributed by atoms with Gasteiger partial charge in [0, 0.05) is 6.54 Å². The number of carbonyl (C=O) groups excluding carboxylic acids is 1. The van der Waals surface area contributed by atoms with E-state index in [0.29, 0.717) is 12.8 Å². The molecule has 0 heterocycles. The Morgan fingerprint density at radius 1 is 0.810 bits per heavy atom. The summed E-state index contributed by atoms with van der Waals surface area (Å²) in [7, 11) is -4.39. The zero-order valence-corrected chi connectivity index (χ0v) is 27.2. The minimum atomic E-state index is -4.39. The van der Waals surface area contributed by atoms with Gasteiger partial charge in [0.2, 0.25) is 5.91 Å². The molecule has 0 aliphatic heterocycles. The first-order valence-corrected chi connectivity index (χ1v) is 17.7. The number of phosphoric ester groups is 1. The van der Waals surface area contributed by atoms with Gasteiger partial charge in [-0.1, -0.05) is 95.2 Å². The van der Waals surface area contributed by atoms with Gasteiger partial charge in [0.05, 0.1) is 37.9 Å². The van der Waals surface area contributed by atoms with Crippen LogP contribution in [0.2, 0.25) is 0 Å². The monoisotopic (exact) mass is 616 g/mol. The molecule has 0 aromatic carbocycles. The third-order valence-electron chi connectivity index (χ3n) is 6.74. The van der Waals surface area contributed by atoms with Gasteiger partial charge in [-0.3, -0.25) is 13.8 Å². The molecule has 9 nitrogen and oxygen atoms in total. The average Bonchev–Trinajstić information content (AvgIpc) is 2.96. The van der Waals surface area contributed by atoms with Crippen molar-refractivity contribution in [2.75, 3.05) is 19.8 Å². The highest BCUT2D eigenvalue weighted by Gasteiger charge is 2.27. The Labute approximate surface area is 255 Å². The highest BCUT2D eigenvalue weighted by atomic mass is 31.2. The Morgan fingerprint density at radius 2 is 1.36 bits per heavy atom. The number of hydrogen-bond acceptors (Lipinski definition) is 7. The van der Waals surface area contributed by atoms with Crippen LogP contribution in [0.4, 0.5) is 0 Å². The normalized spacial score (nSPS) is 15.9. The van der Waals surface area contributed by atoms with E-state index in [9.17, 15) is 24.5 Å². The van der Waals surface area contributed by atoms with E-state index in [1.54, 1.807) is 6.08 Å². The lowest BCUT2D eigenvalue weighted by Crippen LogP contribution is -2.46. The number of nitrogens with one attached hydrogen (secondary N) is 1. The number of phosphoric acid groups is 1. The first kappa shape index (κ1) is 40.7. The second kappa shape index (κ2) is 28.5. The average molecular weight is 617 g/mol. The van der Waals surface area contributed by atoms with Gasteiger partial charge in [-0.25, -0.2) is 4.57 Å². The third kappa shape index (κ3) is 26.3. The SMILES string of the molecule is CCCCC/C=C\CCCCCC(O)CC(=O)NC(COP(=O)(O)OCCN)C(O)/C=C/CC/C=C/CCCCCC. The Kier molecular flexibility index (Phi) is 27.6. The summed E-state index contributed by atoms with van der Waals surface area (Å²) in [5.41, 5.74) is 5.31. The molecule has 42 heavy (non-hydrogen) atoms. The van der Waals surface area contributed by atoms with Gasteiger partial charge in [-0.05, 0) is 57.8 Å². The molecule has 1 amide bonds. The molecule has 0 aromatic rings. The van der Waals surface area contributed by atoms with Crippen LogP contribution < -0.4 is 11.1 Å². The molecule has 6 N–H and O–H groups in total. The van der Waals surface area contributed by atoms with Crippen LogP contribution in [0, 0.1) is 0 Å². The van der Waals surface area contributed by atoms with Crippen molar-refractivity contribution in [2.45, 2.75) is 141 Å². The van der Waals surface area contributed by atoms with E-state index in [1.165, 1.54) is 44.9 Å². The number of aliphatic hydroxyl groups excluding tert-OH is 2. The first-order chi connectivity index (χ1) is 20.3. The fourth-order valence-electron chi connectivity index (χ4n) is 4.24. The molecule has 4 unspecified atom stereocenters. The largest absolute Gasteiger partial charge is 0.472 e. The molecule has 0 rings (SSSR count). The van der Waals surface area contributed by atoms with Crippen LogP contribution in [0.5, 0.6) is 0 Å². The highest BCUT2D eigenvalue weighted by Crippen LogP contribution is 2.43. The van der Waals surface area contributed by atoms with Crippen molar-refractivity contribution in [3.05, 3.63) is 36.5 Å². The Morgan fingerprint density at radius 3 is 1.98 bits per heavy atom. The molecule has 4 atom stereocenters. The lowest BCUT2D eigenvalue weighted by Gasteiger charge is -2.24. The molecule has 0 spiro atoms. The minimum Gasteiger partial charge on any atom is -0.393 e. The number of nitrogens with two attached hydrogens (primary N) is 1. The van der Waals surface area contributed by atoms with E-state index in [2.05, 4.69) is 43.5 Å². The predicted molar refractivity (Wildman–Crippen MR) is 172 cm³/mol. The van der Waals surface area contributed by atoms with Crippen LogP contribution in [-0.4, -0.2) is 59.0 Å². The Balaban J connectivity index is 4.65. The van der Waals surface area contributed by atoms with E-state index in [4.69, 9.17) is 14.8 Å². The summed E-state index contributed by atoms with van der Waals surface area (Å²) >= 11 is 0. The van der Waals surface area contributed by atoms with E-state index in [-0.39, 0.29) is 19.6 Å². The van der Waals surface area contributed by atoms with Gasteiger partial charge < -0.3 is 26.2 Å². The van der Waals surface area contributed by atoms with E-state index >= 15 is 0 Å². The Bertz CT molecular complexity index is 776. The van der Waals surface area contributed by atoms with Crippen molar-refractivity contribution in [1.82, 2.24) is 5.32 Å². The predicted octanol–water partition coefficient (Wildman–Crippen LogP) is 6.63. The fraction of sp³-hybridized carbons (Fsp3) is 0.781. The molecule has 0 radical (unpaired) electrons. The summed E-state index contributed by atoms with van der Waals surface area (Å²) in [6, 6.07) is -0.999. The maximum Gasteiger partial charge on any atom is 0.472 e. The van der Waals surface area contributed by atoms with Crippen molar-refractivity contribution in [1.29, 1.82) is 0 Å². The number of amides is 1. The molecular weight excluding hydrogens is 555 g/mol. The first-order valence-electron chi connectivity index (χ1n) is 16.2. The van der Waals surface area contributed by atoms with Crippen LogP contribution in [0.25, 0.3) is 0 Å². The summed E-state index contributed by atoms with van der Waals surface area (Å²) in [4.78, 5) is 22.5. The molecule has 0 aliphatic carbocycles. The van der Waals surface area contributed by atoms with Gasteiger partial charge in [-0.15, -0.1) is 0 Å². The zero-order valence-electron chi connectivity index (χ0n) is 26.3. The van der Waals surface area contributed by atoms with Crippen LogP contribution in [0.3, 0.4) is 0 Å². The highest BCUT2D eigenvalue weighted by molar-refractivity contribution is 7.47. The minimum absolute atomic E-state index is 0.0419. The molecule has 0 aromatic heterocycles. The molecule has 246 valence electrons. The number of carbonyl (C=O) groups is 1. The third-order valence-corrected chi connectivity index (χ3v) is 7.73. The summed E-state index contributed by atoms with van der Waals surface area (Å²) in [5, 5.41) is 23.7. The van der Waals surface area contributed by atoms with Gasteiger partial charge in [0.1, 0.15) is 0 Å². The molecule has 0 bridgehead atoms. The summed E-state index contributed by atoms with van der Waals surface area (Å²) in [5.74, 6) is -0.472. The van der Waals surface area contributed by atoms with Crippen LogP contribution in [0.1, 0.15) is 123 Å². The number of rotatable bonds is 29. The Hall–Kier alpha value is -1.32. The summed E-state index contributed by atoms with van der Waals surface area (Å²) in [6.07, 6.45) is 26.7. The van der Waals surface area contributed by atoms with Crippen molar-refractivity contribution < 1.29 is 33.5 Å². The maximum atomic E-state index is 12.6. The molecule has 0 saturated heterocycles. The number of allylic oxidation sites excluding steroid dienone is 5. The zero-order chi connectivity index (χ0) is 31.3. The van der Waals surface area contributed by atoms with Crippen LogP contribution in [0.15, 0.2) is 36.5 Å². The van der Waals surface area contributed by atoms with Crippen molar-refractivity contribution in [2.24, 2.45) is 5.73 Å². The smallest absolute Gasteiger partial charge is 0.393 e. The van der Waals surface area contributed by atoms with E-state index in [1.807, 2.05) is 6.08 Å². The van der Waals surface area contributed by atoms with Crippen molar-refractivity contribution >= 4 is 13.7 Å². The van der Waals surface area contributed by atoms with Crippen LogP contribution >= 0.6 is 7.82 Å². The topological polar surface area (TPSA) is 151 Å². The van der Waals surface area contributed by atoms with E-state index < -0.39 is 38.6 Å². The fourth-order valence-corrected chi connectivity index (χ4v) is 5.00. The number of unbranched alkanes of at least 4 members (excludes halogenated alkanes) is 11. The number of aliphatic hydroxyl groups is 2. The standard InChI is InChI=1S/C32H61N2O7P/c1-3-5-7-9-11-13-15-17-19-21-23-29(35)27-32(37)34-30(28-41-42(38,39)40-26-25-33)31(36)24-22-20-18-16-14-12-10-8-6-4-2/h11,13-14,16,22,24,29-31,35-36H,3-10,12,15,17-21,23,25-28,33H2,1-2H3,(H,34,37)(H,38,39)/b13-11-,16-14+,24-22+.